The molecule has 0 N–H and O–H groups in total. The lowest BCUT2D eigenvalue weighted by Crippen LogP contribution is -2.17. The fourth-order valence-corrected chi connectivity index (χ4v) is 3.68. The van der Waals surface area contributed by atoms with Crippen LogP contribution in [0.3, 0.4) is 0 Å². The molecule has 0 radical (unpaired) electrons. The summed E-state index contributed by atoms with van der Waals surface area (Å²) in [6.45, 7) is 11.5. The first-order valence-electron chi connectivity index (χ1n) is 8.32. The van der Waals surface area contributed by atoms with Crippen LogP contribution in [0.4, 0.5) is 0 Å². The van der Waals surface area contributed by atoms with Gasteiger partial charge < -0.3 is 0 Å². The molecule has 2 aliphatic rings. The van der Waals surface area contributed by atoms with Crippen LogP contribution in [0.15, 0.2) is 0 Å². The highest BCUT2D eigenvalue weighted by Gasteiger charge is 2.21. The molecular weight excluding hydrogens is 256 g/mol. The molecule has 0 spiro atoms. The Morgan fingerprint density at radius 3 is 1.65 bits per heavy atom. The van der Waals surface area contributed by atoms with Crippen molar-refractivity contribution in [3.63, 3.8) is 0 Å². The van der Waals surface area contributed by atoms with Gasteiger partial charge in [0.15, 0.2) is 0 Å². The number of rotatable bonds is 0. The Hall–Kier alpha value is -0.663. The Labute approximate surface area is 128 Å². The highest BCUT2D eigenvalue weighted by molar-refractivity contribution is 6.83. The molecule has 112 valence electrons. The van der Waals surface area contributed by atoms with Crippen molar-refractivity contribution in [2.75, 3.05) is 0 Å². The molecule has 2 saturated carbocycles. The summed E-state index contributed by atoms with van der Waals surface area (Å²) in [4.78, 5) is 0. The minimum absolute atomic E-state index is 0.593. The van der Waals surface area contributed by atoms with Gasteiger partial charge >= 0.3 is 0 Å². The number of hydrogen-bond acceptors (Lipinski definition) is 0. The molecule has 2 aliphatic carbocycles. The SMILES string of the molecule is C#C[C@@H]1CCC[C@H]1C.C[C@@H]1CCC[C@H]1C#C[Si](C)(C)C. The van der Waals surface area contributed by atoms with E-state index in [-0.39, 0.29) is 0 Å². The molecule has 1 heteroatoms. The van der Waals surface area contributed by atoms with E-state index >= 15 is 0 Å². The Balaban J connectivity index is 0.000000217. The average molecular weight is 289 g/mol. The summed E-state index contributed by atoms with van der Waals surface area (Å²) in [5.41, 5.74) is 3.48. The van der Waals surface area contributed by atoms with Crippen LogP contribution in [0, 0.1) is 47.5 Å². The van der Waals surface area contributed by atoms with Crippen LogP contribution in [0.5, 0.6) is 0 Å². The Morgan fingerprint density at radius 2 is 1.35 bits per heavy atom. The largest absolute Gasteiger partial charge is 0.132 e. The molecule has 20 heavy (non-hydrogen) atoms. The molecule has 2 fully saturated rings. The minimum atomic E-state index is -1.12. The lowest BCUT2D eigenvalue weighted by atomic mass is 10.00. The summed E-state index contributed by atoms with van der Waals surface area (Å²) >= 11 is 0. The molecule has 0 aromatic rings. The molecule has 0 bridgehead atoms. The van der Waals surface area contributed by atoms with Gasteiger partial charge in [-0.15, -0.1) is 23.8 Å². The molecular formula is C19H32Si. The number of terminal acetylenes is 1. The second-order valence-corrected chi connectivity index (χ2v) is 12.5. The summed E-state index contributed by atoms with van der Waals surface area (Å²) in [5.74, 6) is 9.26. The van der Waals surface area contributed by atoms with Crippen molar-refractivity contribution in [3.8, 4) is 23.8 Å². The molecule has 0 aromatic carbocycles. The van der Waals surface area contributed by atoms with Crippen molar-refractivity contribution < 1.29 is 0 Å². The van der Waals surface area contributed by atoms with Crippen molar-refractivity contribution in [2.45, 2.75) is 72.0 Å². The van der Waals surface area contributed by atoms with Crippen molar-refractivity contribution in [1.29, 1.82) is 0 Å². The number of hydrogen-bond donors (Lipinski definition) is 0. The molecule has 4 atom stereocenters. The minimum Gasteiger partial charge on any atom is -0.132 e. The first-order chi connectivity index (χ1) is 9.33. The van der Waals surface area contributed by atoms with Crippen molar-refractivity contribution in [3.05, 3.63) is 0 Å². The quantitative estimate of drug-likeness (QED) is 0.416. The molecule has 2 rings (SSSR count). The maximum atomic E-state index is 5.27. The fraction of sp³-hybridized carbons (Fsp3) is 0.789. The van der Waals surface area contributed by atoms with Crippen LogP contribution in [0.2, 0.25) is 19.6 Å². The van der Waals surface area contributed by atoms with Crippen molar-refractivity contribution >= 4 is 8.07 Å². The van der Waals surface area contributed by atoms with Gasteiger partial charge in [-0.3, -0.25) is 0 Å². The van der Waals surface area contributed by atoms with Gasteiger partial charge in [-0.05, 0) is 37.5 Å². The van der Waals surface area contributed by atoms with Gasteiger partial charge in [0.05, 0.1) is 0 Å². The van der Waals surface area contributed by atoms with E-state index in [1.807, 2.05) is 0 Å². The van der Waals surface area contributed by atoms with Crippen LogP contribution in [-0.2, 0) is 0 Å². The predicted octanol–water partition coefficient (Wildman–Crippen LogP) is 5.36. The second-order valence-electron chi connectivity index (χ2n) is 7.72. The Kier molecular flexibility index (Phi) is 6.91. The second kappa shape index (κ2) is 7.95. The summed E-state index contributed by atoms with van der Waals surface area (Å²) < 4.78 is 0. The Bertz CT molecular complexity index is 385. The van der Waals surface area contributed by atoms with Gasteiger partial charge in [0, 0.05) is 11.8 Å². The average Bonchev–Trinajstić information content (AvgIpc) is 2.95. The fourth-order valence-electron chi connectivity index (χ4n) is 3.06. The maximum absolute atomic E-state index is 5.27. The van der Waals surface area contributed by atoms with E-state index in [2.05, 4.69) is 50.9 Å². The van der Waals surface area contributed by atoms with Crippen molar-refractivity contribution in [1.82, 2.24) is 0 Å². The molecule has 0 amide bonds. The summed E-state index contributed by atoms with van der Waals surface area (Å²) in [6.07, 6.45) is 13.4. The zero-order valence-corrected chi connectivity index (χ0v) is 15.1. The highest BCUT2D eigenvalue weighted by Crippen LogP contribution is 2.30. The van der Waals surface area contributed by atoms with E-state index in [0.29, 0.717) is 5.92 Å². The third kappa shape index (κ3) is 6.19. The highest BCUT2D eigenvalue weighted by atomic mass is 28.3. The van der Waals surface area contributed by atoms with Crippen LogP contribution in [0.25, 0.3) is 0 Å². The maximum Gasteiger partial charge on any atom is 0.129 e. The zero-order chi connectivity index (χ0) is 15.2. The van der Waals surface area contributed by atoms with E-state index in [1.165, 1.54) is 38.5 Å². The molecule has 0 heterocycles. The third-order valence-corrected chi connectivity index (χ3v) is 5.46. The summed E-state index contributed by atoms with van der Waals surface area (Å²) in [5, 5.41) is 0. The van der Waals surface area contributed by atoms with E-state index in [0.717, 1.165) is 17.8 Å². The lowest BCUT2D eigenvalue weighted by Gasteiger charge is -2.09. The normalized spacial score (nSPS) is 32.6. The summed E-state index contributed by atoms with van der Waals surface area (Å²) in [6, 6.07) is 0. The van der Waals surface area contributed by atoms with Crippen LogP contribution in [0.1, 0.15) is 52.4 Å². The molecule has 0 nitrogen and oxygen atoms in total. The first kappa shape index (κ1) is 17.4. The van der Waals surface area contributed by atoms with Gasteiger partial charge in [-0.1, -0.05) is 46.3 Å². The van der Waals surface area contributed by atoms with E-state index in [1.54, 1.807) is 0 Å². The van der Waals surface area contributed by atoms with Gasteiger partial charge in [0.1, 0.15) is 8.07 Å². The van der Waals surface area contributed by atoms with Gasteiger partial charge in [-0.25, -0.2) is 0 Å². The zero-order valence-electron chi connectivity index (χ0n) is 14.1. The van der Waals surface area contributed by atoms with Crippen LogP contribution in [-0.4, -0.2) is 8.07 Å². The van der Waals surface area contributed by atoms with E-state index in [4.69, 9.17) is 6.42 Å². The van der Waals surface area contributed by atoms with Gasteiger partial charge in [0.2, 0.25) is 0 Å². The van der Waals surface area contributed by atoms with E-state index < -0.39 is 8.07 Å². The van der Waals surface area contributed by atoms with Gasteiger partial charge in [0.25, 0.3) is 0 Å². The van der Waals surface area contributed by atoms with Crippen molar-refractivity contribution in [2.24, 2.45) is 23.7 Å². The molecule has 0 unspecified atom stereocenters. The molecule has 0 aromatic heterocycles. The third-order valence-electron chi connectivity index (χ3n) is 4.57. The standard InChI is InChI=1S/C11H20Si.C8H12/c1-10-6-5-7-11(10)8-9-12(2,3)4;1-3-8-6-4-5-7(8)2/h10-11H,5-7H2,1-4H3;1,7-8H,4-6H2,2H3/t10-,11+;7-,8-/m11/s1. The smallest absolute Gasteiger partial charge is 0.129 e. The van der Waals surface area contributed by atoms with Crippen LogP contribution >= 0.6 is 0 Å². The predicted molar refractivity (Wildman–Crippen MR) is 93.0 cm³/mol. The monoisotopic (exact) mass is 288 g/mol. The molecule has 0 saturated heterocycles. The first-order valence-corrected chi connectivity index (χ1v) is 11.8. The summed E-state index contributed by atoms with van der Waals surface area (Å²) in [7, 11) is -1.12. The topological polar surface area (TPSA) is 0 Å². The Morgan fingerprint density at radius 1 is 0.850 bits per heavy atom. The molecule has 0 aliphatic heterocycles. The van der Waals surface area contributed by atoms with Crippen LogP contribution < -0.4 is 0 Å². The van der Waals surface area contributed by atoms with E-state index in [9.17, 15) is 0 Å². The van der Waals surface area contributed by atoms with Gasteiger partial charge in [-0.2, -0.15) is 0 Å². The lowest BCUT2D eigenvalue weighted by molar-refractivity contribution is 0.519.